The highest BCUT2D eigenvalue weighted by molar-refractivity contribution is 6.31. The first-order valence-corrected chi connectivity index (χ1v) is 33.0. The molecule has 26 heteroatoms. The molecule has 510 valence electrons. The Balaban J connectivity index is 1.56. The number of carbonyl (C=O) groups is 11. The summed E-state index contributed by atoms with van der Waals surface area (Å²) in [5.74, 6) is -7.73. The summed E-state index contributed by atoms with van der Waals surface area (Å²) in [4.78, 5) is 169. The number of hydrogen-bond acceptors (Lipinski definition) is 11. The van der Waals surface area contributed by atoms with E-state index in [1.165, 1.54) is 65.8 Å². The number of nitrogens with zero attached hydrogens (tertiary/aromatic N) is 7. The zero-order valence-corrected chi connectivity index (χ0v) is 56.5. The van der Waals surface area contributed by atoms with Gasteiger partial charge in [0.1, 0.15) is 41.8 Å². The van der Waals surface area contributed by atoms with E-state index >= 15 is 9.59 Å². The average molecular weight is 1310 g/mol. The number of benzene rings is 1. The monoisotopic (exact) mass is 1300 g/mol. The number of alkyl halides is 3. The largest absolute Gasteiger partial charge is 0.417 e. The van der Waals surface area contributed by atoms with Crippen molar-refractivity contribution in [2.45, 2.75) is 219 Å². The van der Waals surface area contributed by atoms with Crippen molar-refractivity contribution < 1.29 is 65.9 Å². The molecule has 0 aromatic heterocycles. The fourth-order valence-corrected chi connectivity index (χ4v) is 13.5. The Morgan fingerprint density at radius 2 is 1.30 bits per heavy atom. The van der Waals surface area contributed by atoms with Gasteiger partial charge >= 0.3 is 6.18 Å². The number of carbonyl (C=O) groups excluding carboxylic acids is 11. The highest BCUT2D eigenvalue weighted by atomic mass is 35.5. The standard InChI is InChI=1S/C65H101ClF3N11O11/c1-14-41(7)55-62(90)75(10)37-53(83)74(9)38-54(84)77(12)50(35-43-22-17-16-18-23-43)61(89)79(15-2)36-51(81)71-47(28-26-44-25-27-45(46(66)34-44)65(67,68)69)60(88)80-31-21-24-48(80)58(86)73-64(29-19-20-30-64)63(91)78(13)56(40(5)6)59(87)70-42(8)33-52(82)76(11)49(32-39(3)4)57(85)72-55/h25,27,34,39-43,47-50,55-56H,14-24,26,28-33,35-38H2,1-13H3,(H,70,87)(H,71,81)(H,72,85)(H,73,86)/t41-,42+,47-,48?,49-,50-,55-,56-/m0/s1. The lowest BCUT2D eigenvalue weighted by atomic mass is 9.84. The summed E-state index contributed by atoms with van der Waals surface area (Å²) in [6.07, 6.45) is 2.08. The number of amides is 11. The molecule has 0 radical (unpaired) electrons. The minimum Gasteiger partial charge on any atom is -0.351 e. The number of hydrogen-bond donors (Lipinski definition) is 4. The quantitative estimate of drug-likeness (QED) is 0.213. The molecule has 1 aromatic rings. The van der Waals surface area contributed by atoms with Crippen LogP contribution in [-0.2, 0) is 65.3 Å². The Kier molecular flexibility index (Phi) is 27.6. The second kappa shape index (κ2) is 33.4. The third-order valence-electron chi connectivity index (χ3n) is 18.9. The third kappa shape index (κ3) is 19.8. The van der Waals surface area contributed by atoms with E-state index in [9.17, 15) is 56.3 Å². The molecule has 4 fully saturated rings. The summed E-state index contributed by atoms with van der Waals surface area (Å²) >= 11 is 6.12. The molecule has 22 nitrogen and oxygen atoms in total. The van der Waals surface area contributed by atoms with E-state index in [2.05, 4.69) is 21.3 Å². The molecule has 4 N–H and O–H groups in total. The number of halogens is 4. The van der Waals surface area contributed by atoms with Crippen LogP contribution >= 0.6 is 11.6 Å². The molecule has 1 aromatic carbocycles. The molecule has 1 unspecified atom stereocenters. The summed E-state index contributed by atoms with van der Waals surface area (Å²) in [7, 11) is 7.20. The molecule has 8 atom stereocenters. The summed E-state index contributed by atoms with van der Waals surface area (Å²) in [6.45, 7) is 12.6. The van der Waals surface area contributed by atoms with Gasteiger partial charge in [0.05, 0.1) is 30.2 Å². The van der Waals surface area contributed by atoms with Crippen LogP contribution in [0.15, 0.2) is 18.2 Å². The van der Waals surface area contributed by atoms with Gasteiger partial charge in [-0.3, -0.25) is 52.7 Å². The van der Waals surface area contributed by atoms with E-state index < -0.39 is 161 Å². The fourth-order valence-electron chi connectivity index (χ4n) is 13.2. The minimum absolute atomic E-state index is 0.0199. The normalized spacial score (nSPS) is 26.2. The van der Waals surface area contributed by atoms with Gasteiger partial charge in [0.25, 0.3) is 0 Å². The van der Waals surface area contributed by atoms with E-state index in [1.807, 2.05) is 20.8 Å². The van der Waals surface area contributed by atoms with Crippen molar-refractivity contribution in [3.63, 3.8) is 0 Å². The molecule has 2 aliphatic carbocycles. The number of likely N-dealkylation sites (N-methyl/N-ethyl adjacent to an activating group) is 6. The Bertz CT molecular complexity index is 2780. The van der Waals surface area contributed by atoms with Crippen molar-refractivity contribution in [1.82, 2.24) is 55.6 Å². The molecule has 1 spiro atoms. The fraction of sp³-hybridized carbons (Fsp3) is 0.738. The number of rotatable bonds is 11. The van der Waals surface area contributed by atoms with Gasteiger partial charge in [0.15, 0.2) is 0 Å². The highest BCUT2D eigenvalue weighted by Gasteiger charge is 2.50. The van der Waals surface area contributed by atoms with E-state index in [4.69, 9.17) is 11.6 Å². The van der Waals surface area contributed by atoms with Crippen LogP contribution in [0.1, 0.15) is 169 Å². The van der Waals surface area contributed by atoms with Crippen molar-refractivity contribution in [2.24, 2.45) is 23.7 Å². The van der Waals surface area contributed by atoms with Crippen molar-refractivity contribution in [3.8, 4) is 0 Å². The van der Waals surface area contributed by atoms with Crippen LogP contribution in [0.3, 0.4) is 0 Å². The molecular formula is C65H101ClF3N11O11. The van der Waals surface area contributed by atoms with Crippen molar-refractivity contribution in [2.75, 3.05) is 68.0 Å². The first-order chi connectivity index (χ1) is 42.7. The maximum atomic E-state index is 15.1. The van der Waals surface area contributed by atoms with Gasteiger partial charge in [-0.05, 0) is 107 Å². The van der Waals surface area contributed by atoms with Crippen LogP contribution in [-0.4, -0.2) is 215 Å². The molecule has 2 aliphatic heterocycles. The molecule has 0 bridgehead atoms. The lowest BCUT2D eigenvalue weighted by molar-refractivity contribution is -0.150. The maximum Gasteiger partial charge on any atom is 0.417 e. The van der Waals surface area contributed by atoms with Crippen molar-refractivity contribution in [1.29, 1.82) is 0 Å². The van der Waals surface area contributed by atoms with E-state index in [1.54, 1.807) is 34.6 Å². The Labute approximate surface area is 540 Å². The maximum absolute atomic E-state index is 15.1. The first-order valence-electron chi connectivity index (χ1n) is 32.6. The lowest BCUT2D eigenvalue weighted by Gasteiger charge is -2.39. The summed E-state index contributed by atoms with van der Waals surface area (Å²) < 4.78 is 41.4. The van der Waals surface area contributed by atoms with Gasteiger partial charge < -0.3 is 55.6 Å². The summed E-state index contributed by atoms with van der Waals surface area (Å²) in [6, 6.07) is -4.57. The zero-order chi connectivity index (χ0) is 68.0. The molecular weight excluding hydrogens is 1200 g/mol. The zero-order valence-electron chi connectivity index (χ0n) is 55.8. The van der Waals surface area contributed by atoms with E-state index in [0.29, 0.717) is 31.2 Å². The molecule has 11 amide bonds. The molecule has 2 saturated heterocycles. The van der Waals surface area contributed by atoms with E-state index in [0.717, 1.165) is 54.0 Å². The summed E-state index contributed by atoms with van der Waals surface area (Å²) in [5.41, 5.74) is -2.24. The number of fused-ring (bicyclic) bond motifs is 1. The van der Waals surface area contributed by atoms with Crippen LogP contribution in [0.4, 0.5) is 13.2 Å². The van der Waals surface area contributed by atoms with Crippen LogP contribution in [0.25, 0.3) is 0 Å². The SMILES string of the molecule is CC[C@H](C)[C@@H]1NC(=O)[C@H](CC(C)C)N(C)C(=O)C[C@@H](C)NC(=O)[C@H](C(C)C)N(C)C(=O)C2(CCCC2)NC(=O)C2CCCN2C(=O)[C@H](CCc2ccc(C(F)(F)F)c(Cl)c2)NC(=O)CN(CC)C(=O)[C@H](CC2CCCCC2)N(C)C(=O)CN(C)C(=O)CN(C)C1=O. The third-order valence-corrected chi connectivity index (χ3v) is 19.2. The van der Waals surface area contributed by atoms with Crippen LogP contribution in [0, 0.1) is 23.7 Å². The topological polar surface area (TPSA) is 259 Å². The summed E-state index contributed by atoms with van der Waals surface area (Å²) in [5, 5.41) is 11.0. The Hall–Kier alpha value is -6.53. The second-order valence-electron chi connectivity index (χ2n) is 26.7. The molecule has 2 heterocycles. The molecule has 4 aliphatic rings. The van der Waals surface area contributed by atoms with Gasteiger partial charge in [-0.2, -0.15) is 13.2 Å². The van der Waals surface area contributed by atoms with Gasteiger partial charge in [-0.15, -0.1) is 0 Å². The van der Waals surface area contributed by atoms with Crippen molar-refractivity contribution in [3.05, 3.63) is 34.3 Å². The van der Waals surface area contributed by atoms with Crippen LogP contribution in [0.2, 0.25) is 5.02 Å². The minimum atomic E-state index is -4.74. The first kappa shape index (κ1) is 75.2. The number of aryl methyl sites for hydroxylation is 1. The highest BCUT2D eigenvalue weighted by Crippen LogP contribution is 2.37. The smallest absolute Gasteiger partial charge is 0.351 e. The van der Waals surface area contributed by atoms with Gasteiger partial charge in [-0.1, -0.05) is 111 Å². The van der Waals surface area contributed by atoms with Gasteiger partial charge in [-0.25, -0.2) is 0 Å². The second-order valence-corrected chi connectivity index (χ2v) is 27.1. The van der Waals surface area contributed by atoms with Gasteiger partial charge in [0, 0.05) is 60.8 Å². The predicted molar refractivity (Wildman–Crippen MR) is 337 cm³/mol. The number of nitrogens with one attached hydrogen (secondary N) is 4. The Morgan fingerprint density at radius 1 is 0.670 bits per heavy atom. The van der Waals surface area contributed by atoms with Crippen molar-refractivity contribution >= 4 is 76.6 Å². The van der Waals surface area contributed by atoms with Crippen LogP contribution in [0.5, 0.6) is 0 Å². The lowest BCUT2D eigenvalue weighted by Crippen LogP contribution is -2.64. The molecule has 91 heavy (non-hydrogen) atoms. The Morgan fingerprint density at radius 3 is 1.88 bits per heavy atom. The predicted octanol–water partition coefficient (Wildman–Crippen LogP) is 5.55. The van der Waals surface area contributed by atoms with Gasteiger partial charge in [0.2, 0.25) is 65.0 Å². The van der Waals surface area contributed by atoms with E-state index in [-0.39, 0.29) is 76.3 Å². The van der Waals surface area contributed by atoms with Crippen LogP contribution < -0.4 is 21.3 Å². The molecule has 2 saturated carbocycles. The molecule has 5 rings (SSSR count). The average Bonchev–Trinajstić information content (AvgIpc) is 1.81.